The van der Waals surface area contributed by atoms with Gasteiger partial charge in [0.1, 0.15) is 6.54 Å². The fourth-order valence-corrected chi connectivity index (χ4v) is 5.87. The van der Waals surface area contributed by atoms with Crippen molar-refractivity contribution in [2.45, 2.75) is 31.8 Å². The third-order valence-corrected chi connectivity index (χ3v) is 7.60. The Kier molecular flexibility index (Phi) is 5.66. The van der Waals surface area contributed by atoms with Gasteiger partial charge in [0.15, 0.2) is 0 Å². The Morgan fingerprint density at radius 1 is 1.15 bits per heavy atom. The number of fused-ring (bicyclic) bond motifs is 3. The number of amides is 1. The van der Waals surface area contributed by atoms with E-state index in [1.807, 2.05) is 29.2 Å². The number of nitro groups is 1. The summed E-state index contributed by atoms with van der Waals surface area (Å²) in [5.74, 6) is 0.174. The predicted molar refractivity (Wildman–Crippen MR) is 133 cm³/mol. The zero-order chi connectivity index (χ0) is 24.0. The third-order valence-electron chi connectivity index (χ3n) is 7.27. The molecule has 0 bridgehead atoms. The van der Waals surface area contributed by atoms with E-state index >= 15 is 0 Å². The number of likely N-dealkylation sites (N-methyl/N-ethyl adjacent to an activating group) is 1. The number of rotatable bonds is 4. The maximum absolute atomic E-state index is 13.7. The first-order chi connectivity index (χ1) is 16.3. The Hall–Kier alpha value is -3.22. The maximum atomic E-state index is 13.7. The highest BCUT2D eigenvalue weighted by atomic mass is 35.5. The van der Waals surface area contributed by atoms with E-state index in [-0.39, 0.29) is 28.5 Å². The Morgan fingerprint density at radius 3 is 2.59 bits per heavy atom. The molecule has 0 unspecified atom stereocenters. The highest BCUT2D eigenvalue weighted by Gasteiger charge is 2.49. The second-order valence-electron chi connectivity index (χ2n) is 9.79. The van der Waals surface area contributed by atoms with E-state index in [1.54, 1.807) is 24.3 Å². The molecule has 0 saturated carbocycles. The van der Waals surface area contributed by atoms with Gasteiger partial charge in [-0.2, -0.15) is 0 Å². The monoisotopic (exact) mass is 476 g/mol. The van der Waals surface area contributed by atoms with E-state index in [2.05, 4.69) is 32.2 Å². The lowest BCUT2D eigenvalue weighted by atomic mass is 9.87. The molecule has 1 amide bonds. The van der Waals surface area contributed by atoms with Crippen LogP contribution in [-0.2, 0) is 6.54 Å². The summed E-state index contributed by atoms with van der Waals surface area (Å²) in [4.78, 5) is 26.3. The first-order valence-corrected chi connectivity index (χ1v) is 11.9. The number of hydrogen-bond acceptors (Lipinski definition) is 3. The maximum Gasteiger partial charge on any atom is 0.269 e. The Balaban J connectivity index is 1.46. The molecule has 3 aromatic rings. The molecule has 0 aliphatic carbocycles. The van der Waals surface area contributed by atoms with Crippen LogP contribution >= 0.6 is 11.6 Å². The first kappa shape index (κ1) is 22.6. The van der Waals surface area contributed by atoms with Crippen LogP contribution in [0.4, 0.5) is 11.4 Å². The first-order valence-electron chi connectivity index (χ1n) is 11.5. The van der Waals surface area contributed by atoms with Crippen LogP contribution in [0, 0.1) is 17.0 Å². The van der Waals surface area contributed by atoms with Gasteiger partial charge in [-0.25, -0.2) is 0 Å². The molecular formula is C27H27ClN3O3+. The minimum absolute atomic E-state index is 0.0466. The fraction of sp³-hybridized carbons (Fsp3) is 0.296. The van der Waals surface area contributed by atoms with E-state index in [4.69, 9.17) is 11.6 Å². The number of nitrogens with zero attached hydrogens (tertiary/aromatic N) is 3. The number of halogens is 1. The lowest BCUT2D eigenvalue weighted by Crippen LogP contribution is -2.56. The van der Waals surface area contributed by atoms with Crippen LogP contribution in [-0.4, -0.2) is 41.5 Å². The fourth-order valence-electron chi connectivity index (χ4n) is 5.65. The smallest absolute Gasteiger partial charge is 0.269 e. The predicted octanol–water partition coefficient (Wildman–Crippen LogP) is 5.72. The van der Waals surface area contributed by atoms with Crippen LogP contribution in [0.25, 0.3) is 0 Å². The van der Waals surface area contributed by atoms with Crippen molar-refractivity contribution >= 4 is 28.9 Å². The van der Waals surface area contributed by atoms with Gasteiger partial charge in [0, 0.05) is 29.8 Å². The van der Waals surface area contributed by atoms with Crippen LogP contribution in [0.3, 0.4) is 0 Å². The minimum Gasteiger partial charge on any atom is -0.322 e. The van der Waals surface area contributed by atoms with Gasteiger partial charge in [0.05, 0.1) is 47.6 Å². The number of hydrogen-bond donors (Lipinski definition) is 0. The lowest BCUT2D eigenvalue weighted by Gasteiger charge is -2.44. The van der Waals surface area contributed by atoms with Crippen molar-refractivity contribution in [3.63, 3.8) is 0 Å². The molecule has 5 rings (SSSR count). The summed E-state index contributed by atoms with van der Waals surface area (Å²) in [6.45, 7) is 4.68. The van der Waals surface area contributed by atoms with Crippen molar-refractivity contribution < 1.29 is 14.2 Å². The quantitative estimate of drug-likeness (QED) is 0.275. The van der Waals surface area contributed by atoms with E-state index in [9.17, 15) is 14.9 Å². The number of aryl methyl sites for hydroxylation is 1. The molecule has 7 heteroatoms. The summed E-state index contributed by atoms with van der Waals surface area (Å²) in [7, 11) is 2.24. The van der Waals surface area contributed by atoms with Crippen LogP contribution in [0.15, 0.2) is 66.7 Å². The summed E-state index contributed by atoms with van der Waals surface area (Å²) < 4.78 is 0.820. The van der Waals surface area contributed by atoms with Gasteiger partial charge >= 0.3 is 0 Å². The van der Waals surface area contributed by atoms with Crippen LogP contribution < -0.4 is 4.90 Å². The van der Waals surface area contributed by atoms with Crippen molar-refractivity contribution in [1.29, 1.82) is 0 Å². The molecule has 0 radical (unpaired) electrons. The van der Waals surface area contributed by atoms with Gasteiger partial charge < -0.3 is 9.38 Å². The summed E-state index contributed by atoms with van der Waals surface area (Å²) in [5, 5.41) is 11.5. The van der Waals surface area contributed by atoms with Gasteiger partial charge in [-0.15, -0.1) is 0 Å². The van der Waals surface area contributed by atoms with Gasteiger partial charge in [-0.05, 0) is 42.8 Å². The third kappa shape index (κ3) is 3.97. The van der Waals surface area contributed by atoms with Crippen molar-refractivity contribution in [3.8, 4) is 0 Å². The number of anilines is 1. The van der Waals surface area contributed by atoms with E-state index in [1.165, 1.54) is 11.1 Å². The largest absolute Gasteiger partial charge is 0.322 e. The molecule has 3 aromatic carbocycles. The van der Waals surface area contributed by atoms with Gasteiger partial charge in [-0.3, -0.25) is 14.9 Å². The lowest BCUT2D eigenvalue weighted by molar-refractivity contribution is -0.928. The number of likely N-dealkylation sites (tertiary alicyclic amines) is 1. The van der Waals surface area contributed by atoms with E-state index < -0.39 is 0 Å². The number of carbonyl (C=O) groups is 1. The van der Waals surface area contributed by atoms with E-state index in [0.29, 0.717) is 10.6 Å². The highest BCUT2D eigenvalue weighted by Crippen LogP contribution is 2.47. The molecule has 34 heavy (non-hydrogen) atoms. The number of piperidine rings is 1. The Labute approximate surface area is 204 Å². The average Bonchev–Trinajstić information content (AvgIpc) is 3.11. The van der Waals surface area contributed by atoms with Crippen LogP contribution in [0.5, 0.6) is 0 Å². The van der Waals surface area contributed by atoms with Crippen molar-refractivity contribution in [3.05, 3.63) is 104 Å². The number of quaternary nitrogens is 1. The number of carbonyl (C=O) groups excluding carboxylic acids is 1. The Bertz CT molecular complexity index is 1280. The van der Waals surface area contributed by atoms with Crippen molar-refractivity contribution in [2.24, 2.45) is 0 Å². The van der Waals surface area contributed by atoms with Crippen molar-refractivity contribution in [1.82, 2.24) is 0 Å². The summed E-state index contributed by atoms with van der Waals surface area (Å²) in [6, 6.07) is 20.5. The molecule has 174 valence electrons. The van der Waals surface area contributed by atoms with Crippen LogP contribution in [0.2, 0.25) is 5.02 Å². The molecule has 2 aliphatic heterocycles. The Morgan fingerprint density at radius 2 is 1.88 bits per heavy atom. The zero-order valence-corrected chi connectivity index (χ0v) is 20.0. The normalized spacial score (nSPS) is 23.3. The highest BCUT2D eigenvalue weighted by molar-refractivity contribution is 6.34. The molecule has 2 aliphatic rings. The molecular weight excluding hydrogens is 450 g/mol. The molecule has 0 N–H and O–H groups in total. The van der Waals surface area contributed by atoms with Gasteiger partial charge in [0.2, 0.25) is 0 Å². The van der Waals surface area contributed by atoms with Gasteiger partial charge in [0.25, 0.3) is 11.6 Å². The molecule has 2 heterocycles. The molecule has 0 spiro atoms. The molecule has 1 saturated heterocycles. The molecule has 3 atom stereocenters. The van der Waals surface area contributed by atoms with E-state index in [0.717, 1.165) is 41.8 Å². The minimum atomic E-state index is -0.367. The summed E-state index contributed by atoms with van der Waals surface area (Å²) in [5.41, 5.74) is 5.11. The molecule has 1 fully saturated rings. The second-order valence-corrected chi connectivity index (χ2v) is 10.2. The number of benzene rings is 3. The van der Waals surface area contributed by atoms with Gasteiger partial charge in [-0.1, -0.05) is 41.4 Å². The topological polar surface area (TPSA) is 63.5 Å². The summed E-state index contributed by atoms with van der Waals surface area (Å²) >= 11 is 6.40. The number of non-ortho nitro benzene ring substituents is 1. The second kappa shape index (κ2) is 8.53. The zero-order valence-electron chi connectivity index (χ0n) is 19.3. The summed E-state index contributed by atoms with van der Waals surface area (Å²) in [6.07, 6.45) is 0.873. The van der Waals surface area contributed by atoms with Crippen molar-refractivity contribution in [2.75, 3.05) is 25.0 Å². The number of nitro benzene ring substituents is 1. The van der Waals surface area contributed by atoms with Crippen LogP contribution in [0.1, 0.15) is 39.4 Å². The standard InChI is InChI=1S/C27H27ClN3O3/c1-18-7-12-25-22(15-18)23-17-31(2,16-19-8-10-20(11-9-19)30(33)34)14-13-26(23)29(25)27(32)21-5-3-4-6-24(21)28/h3-12,15,23,26H,13-14,16-17H2,1-2H3/q+1/t23-,26+,31+/m0/s1. The molecule has 6 nitrogen and oxygen atoms in total. The average molecular weight is 477 g/mol. The molecule has 0 aromatic heterocycles. The SMILES string of the molecule is Cc1ccc2c(c1)[C@@H]1C[N@@+](C)(Cc3ccc([N+](=O)[O-])cc3)CC[C@H]1N2C(=O)c1ccccc1Cl.